The molecule has 15 heteroatoms. The molecule has 105 heavy (non-hydrogen) atoms. The molecule has 556 valence electrons. The van der Waals surface area contributed by atoms with Gasteiger partial charge in [-0.2, -0.15) is 19.6 Å². The summed E-state index contributed by atoms with van der Waals surface area (Å²) in [6.07, 6.45) is 14.8. The molecular weight excluding hydrogens is 1300 g/mol. The molecule has 15 nitrogen and oxygen atoms in total. The van der Waals surface area contributed by atoms with Crippen molar-refractivity contribution in [2.45, 2.75) is 263 Å². The predicted octanol–water partition coefficient (Wildman–Crippen LogP) is 21.7. The molecule has 2 fully saturated rings. The van der Waals surface area contributed by atoms with Crippen LogP contribution in [0, 0.1) is 34.6 Å². The monoisotopic (exact) mass is 1420 g/mol. The number of aryl methyl sites for hydroxylation is 5. The lowest BCUT2D eigenvalue weighted by Gasteiger charge is -2.23. The van der Waals surface area contributed by atoms with Gasteiger partial charge in [0, 0.05) is 63.5 Å². The largest absolute Gasteiger partial charge is 0.491 e. The molecule has 2 saturated carbocycles. The zero-order valence-electron chi connectivity index (χ0n) is 67.0. The van der Waals surface area contributed by atoms with Gasteiger partial charge in [-0.25, -0.2) is 29.9 Å². The Bertz CT molecular complexity index is 4510. The molecule has 0 saturated heterocycles. The summed E-state index contributed by atoms with van der Waals surface area (Å²) in [5, 5.41) is 8.56. The fraction of sp³-hybridized carbons (Fsp3) is 0.444. The van der Waals surface area contributed by atoms with Crippen LogP contribution in [0.1, 0.15) is 267 Å². The Morgan fingerprint density at radius 2 is 0.800 bits per heavy atom. The minimum Gasteiger partial charge on any atom is -0.491 e. The minimum atomic E-state index is -0.0999. The molecule has 0 atom stereocenters. The van der Waals surface area contributed by atoms with Crippen LogP contribution in [0.5, 0.6) is 17.2 Å². The van der Waals surface area contributed by atoms with Gasteiger partial charge in [-0.05, 0) is 265 Å². The average Bonchev–Trinajstić information content (AvgIpc) is 1.15. The van der Waals surface area contributed by atoms with E-state index in [0.29, 0.717) is 41.1 Å². The van der Waals surface area contributed by atoms with E-state index < -0.39 is 0 Å². The zero-order valence-corrected chi connectivity index (χ0v) is 67.0. The third-order valence-electron chi connectivity index (χ3n) is 19.1. The Labute approximate surface area is 626 Å². The summed E-state index contributed by atoms with van der Waals surface area (Å²) in [5.74, 6) is 6.98. The van der Waals surface area contributed by atoms with Crippen LogP contribution in [0.4, 0.5) is 0 Å². The highest BCUT2D eigenvalue weighted by Crippen LogP contribution is 2.47. The van der Waals surface area contributed by atoms with Gasteiger partial charge >= 0.3 is 0 Å². The van der Waals surface area contributed by atoms with Gasteiger partial charge in [0.1, 0.15) is 17.2 Å². The predicted molar refractivity (Wildman–Crippen MR) is 431 cm³/mol. The zero-order chi connectivity index (χ0) is 76.6. The van der Waals surface area contributed by atoms with Crippen LogP contribution in [-0.2, 0) is 10.8 Å². The van der Waals surface area contributed by atoms with Crippen molar-refractivity contribution in [1.29, 1.82) is 0 Å². The third kappa shape index (κ3) is 22.8. The van der Waals surface area contributed by atoms with E-state index in [1.807, 2.05) is 126 Å². The summed E-state index contributed by atoms with van der Waals surface area (Å²) in [7, 11) is 0. The molecule has 0 unspecified atom stereocenters. The van der Waals surface area contributed by atoms with E-state index in [-0.39, 0.29) is 28.7 Å². The summed E-state index contributed by atoms with van der Waals surface area (Å²) < 4.78 is 20.2. The molecule has 0 amide bonds. The highest BCUT2D eigenvalue weighted by atomic mass is 16.5. The first-order valence-electron chi connectivity index (χ1n) is 37.9. The molecule has 0 aliphatic heterocycles. The van der Waals surface area contributed by atoms with E-state index in [1.54, 1.807) is 24.5 Å². The van der Waals surface area contributed by atoms with Gasteiger partial charge in [-0.3, -0.25) is 9.59 Å². The lowest BCUT2D eigenvalue weighted by atomic mass is 9.86. The maximum atomic E-state index is 12.2. The van der Waals surface area contributed by atoms with Crippen LogP contribution in [0.3, 0.4) is 0 Å². The summed E-state index contributed by atoms with van der Waals surface area (Å²) >= 11 is 0. The Morgan fingerprint density at radius 3 is 1.14 bits per heavy atom. The number of nitrogens with zero attached hydrogens (tertiary/aromatic N) is 10. The van der Waals surface area contributed by atoms with Crippen LogP contribution in [0.2, 0.25) is 0 Å². The summed E-state index contributed by atoms with van der Waals surface area (Å²) in [6.45, 7) is 48.6. The van der Waals surface area contributed by atoms with E-state index in [0.717, 1.165) is 115 Å². The fourth-order valence-electron chi connectivity index (χ4n) is 13.0. The van der Waals surface area contributed by atoms with Gasteiger partial charge in [-0.1, -0.05) is 140 Å². The van der Waals surface area contributed by atoms with Gasteiger partial charge in [0.05, 0.1) is 42.1 Å². The number of ether oxygens (including phenoxy) is 3. The standard InChI is InChI=1S/C19H24N2O2.C19H26N2.C18H24N2O.C17H20N2O.C17H22N2O/c1-14(2)15-12-19(22)21(20-13-15)16-8-10-18(11-9-16)23-17-6-4-3-5-7-17;1-12(2)17-13(3)20-18(21-14(17)4)15-8-10-16(11-9-15)19(5,6)7;1-11(2)17-13(5)19-18(20-14(17)6)15-7-9-16(10-8-15)21-12(3)4;1-12(2)13-10-16(20)19(18-11-13)15-6-4-14(5-7-15)17(3)8-9-17;1-11(2)16-10-18-17(19-13(16)5)14-6-8-15(9-7-14)20-12(3)4/h8-14,17H,3-7H2,1-2H3;8-12H,1-7H3;7-12H,1-6H3;4-7,10-12H,8-9H2,1-3H3;6-12H,1-5H3. The molecular formula is C90H116N10O5. The SMILES string of the molecule is CC(C)c1cnn(-c2ccc(C3(C)CC3)cc2)c(=O)c1.CC(C)c1cnn(-c2ccc(OC3CCCCC3)cc2)c(=O)c1.Cc1nc(-c2ccc(C(C)(C)C)cc2)nc(C)c1C(C)C.Cc1nc(-c2ccc(OC(C)C)cc2)nc(C)c1C(C)C.Cc1nc(-c2ccc(OC(C)C)cc2)ncc1C(C)C. The lowest BCUT2D eigenvalue weighted by Crippen LogP contribution is -2.21. The Kier molecular flexibility index (Phi) is 28.2. The highest BCUT2D eigenvalue weighted by Gasteiger charge is 2.38. The summed E-state index contributed by atoms with van der Waals surface area (Å²) in [6, 6.07) is 43.7. The molecule has 5 aromatic carbocycles. The maximum Gasteiger partial charge on any atom is 0.271 e. The van der Waals surface area contributed by atoms with E-state index in [1.165, 1.54) is 69.3 Å². The number of benzene rings is 5. The van der Waals surface area contributed by atoms with Crippen molar-refractivity contribution >= 4 is 0 Å². The molecule has 10 aromatic rings. The summed E-state index contributed by atoms with van der Waals surface area (Å²) in [5.41, 5.74) is 18.8. The second kappa shape index (κ2) is 36.5. The van der Waals surface area contributed by atoms with Gasteiger partial charge in [0.2, 0.25) is 0 Å². The first-order valence-corrected chi connectivity index (χ1v) is 37.9. The number of aromatic nitrogens is 10. The van der Waals surface area contributed by atoms with Crippen molar-refractivity contribution in [3.05, 3.63) is 240 Å². The van der Waals surface area contributed by atoms with E-state index in [2.05, 4.69) is 191 Å². The second-order valence-electron chi connectivity index (χ2n) is 31.5. The quantitative estimate of drug-likeness (QED) is 0.0843. The van der Waals surface area contributed by atoms with E-state index in [9.17, 15) is 9.59 Å². The Hall–Kier alpha value is -9.50. The molecule has 5 heterocycles. The molecule has 2 aliphatic carbocycles. The van der Waals surface area contributed by atoms with Gasteiger partial charge in [0.15, 0.2) is 17.5 Å². The van der Waals surface area contributed by atoms with Crippen molar-refractivity contribution < 1.29 is 14.2 Å². The fourth-order valence-corrected chi connectivity index (χ4v) is 13.0. The van der Waals surface area contributed by atoms with Crippen molar-refractivity contribution in [2.24, 2.45) is 0 Å². The number of hydrogen-bond acceptors (Lipinski definition) is 13. The minimum absolute atomic E-state index is 0.0680. The van der Waals surface area contributed by atoms with Crippen molar-refractivity contribution in [1.82, 2.24) is 49.5 Å². The number of hydrogen-bond donors (Lipinski definition) is 0. The van der Waals surface area contributed by atoms with Gasteiger partial charge < -0.3 is 14.2 Å². The molecule has 0 spiro atoms. The van der Waals surface area contributed by atoms with Crippen LogP contribution in [0.15, 0.2) is 162 Å². The lowest BCUT2D eigenvalue weighted by molar-refractivity contribution is 0.155. The second-order valence-corrected chi connectivity index (χ2v) is 31.5. The molecule has 5 aromatic heterocycles. The maximum absolute atomic E-state index is 12.2. The average molecular weight is 1420 g/mol. The molecule has 12 rings (SSSR count). The van der Waals surface area contributed by atoms with E-state index in [4.69, 9.17) is 24.2 Å². The first-order chi connectivity index (χ1) is 49.7. The van der Waals surface area contributed by atoms with Crippen LogP contribution >= 0.6 is 0 Å². The van der Waals surface area contributed by atoms with Gasteiger partial charge in [-0.15, -0.1) is 0 Å². The third-order valence-corrected chi connectivity index (χ3v) is 19.1. The van der Waals surface area contributed by atoms with Crippen LogP contribution in [0.25, 0.3) is 45.5 Å². The van der Waals surface area contributed by atoms with Crippen LogP contribution < -0.4 is 25.3 Å². The molecule has 0 radical (unpaired) electrons. The Morgan fingerprint density at radius 1 is 0.429 bits per heavy atom. The van der Waals surface area contributed by atoms with Crippen molar-refractivity contribution in [2.75, 3.05) is 0 Å². The van der Waals surface area contributed by atoms with Crippen LogP contribution in [-0.4, -0.2) is 67.8 Å². The molecule has 2 aliphatic rings. The van der Waals surface area contributed by atoms with Crippen molar-refractivity contribution in [3.8, 4) is 62.8 Å². The normalized spacial score (nSPS) is 13.4. The van der Waals surface area contributed by atoms with Crippen molar-refractivity contribution in [3.63, 3.8) is 0 Å². The topological polar surface area (TPSA) is 175 Å². The van der Waals surface area contributed by atoms with E-state index >= 15 is 0 Å². The number of rotatable bonds is 17. The first kappa shape index (κ1) is 81.2. The summed E-state index contributed by atoms with van der Waals surface area (Å²) in [4.78, 5) is 52.2. The Balaban J connectivity index is 0.000000166. The highest BCUT2D eigenvalue weighted by molar-refractivity contribution is 5.59. The molecule has 0 N–H and O–H groups in total. The molecule has 0 bridgehead atoms. The smallest absolute Gasteiger partial charge is 0.271 e. The van der Waals surface area contributed by atoms with Gasteiger partial charge in [0.25, 0.3) is 11.1 Å².